The number of amides is 1. The molecule has 158 valence electrons. The molecule has 1 aliphatic rings. The van der Waals surface area contributed by atoms with E-state index in [-0.39, 0.29) is 11.3 Å². The first-order valence-corrected chi connectivity index (χ1v) is 10.7. The molecule has 2 heterocycles. The van der Waals surface area contributed by atoms with Crippen LogP contribution in [-0.2, 0) is 12.0 Å². The normalized spacial score (nSPS) is 14.0. The number of rotatable bonds is 5. The van der Waals surface area contributed by atoms with Gasteiger partial charge < -0.3 is 5.32 Å². The number of hydrogen-bond acceptors (Lipinski definition) is 3. The molecule has 0 saturated heterocycles. The van der Waals surface area contributed by atoms with Crippen LogP contribution < -0.4 is 5.32 Å². The number of hydrogen-bond donors (Lipinski definition) is 1. The van der Waals surface area contributed by atoms with Gasteiger partial charge in [0, 0.05) is 29.3 Å². The van der Waals surface area contributed by atoms with Gasteiger partial charge in [0.15, 0.2) is 0 Å². The molecule has 0 atom stereocenters. The quantitative estimate of drug-likeness (QED) is 0.482. The second kappa shape index (κ2) is 7.93. The Morgan fingerprint density at radius 3 is 2.41 bits per heavy atom. The molecule has 5 rings (SSSR count). The number of aliphatic imine (C=N–C) groups is 1. The number of carbonyl (C=O) groups excluding carboxylic acids is 1. The Hall–Kier alpha value is -3.99. The van der Waals surface area contributed by atoms with Gasteiger partial charge in [-0.05, 0) is 41.5 Å². The number of fused-ring (bicyclic) bond motifs is 1. The van der Waals surface area contributed by atoms with E-state index < -0.39 is 0 Å². The van der Waals surface area contributed by atoms with E-state index in [2.05, 4.69) is 42.5 Å². The average Bonchev–Trinajstić information content (AvgIpc) is 3.41. The lowest BCUT2D eigenvalue weighted by Gasteiger charge is -2.21. The van der Waals surface area contributed by atoms with E-state index in [0.717, 1.165) is 28.2 Å². The van der Waals surface area contributed by atoms with Crippen LogP contribution in [0.3, 0.4) is 0 Å². The summed E-state index contributed by atoms with van der Waals surface area (Å²) >= 11 is 0. The zero-order valence-corrected chi connectivity index (χ0v) is 18.1. The third kappa shape index (κ3) is 3.62. The van der Waals surface area contributed by atoms with E-state index in [4.69, 9.17) is 4.99 Å². The summed E-state index contributed by atoms with van der Waals surface area (Å²) in [7, 11) is 0. The summed E-state index contributed by atoms with van der Waals surface area (Å²) in [6.45, 7) is 4.89. The monoisotopic (exact) mass is 420 g/mol. The average molecular weight is 421 g/mol. The summed E-state index contributed by atoms with van der Waals surface area (Å²) in [6.07, 6.45) is 3.85. The van der Waals surface area contributed by atoms with Crippen LogP contribution in [-0.4, -0.2) is 21.4 Å². The van der Waals surface area contributed by atoms with Crippen LogP contribution in [0, 0.1) is 0 Å². The highest BCUT2D eigenvalue weighted by molar-refractivity contribution is 6.12. The van der Waals surface area contributed by atoms with Crippen molar-refractivity contribution in [3.05, 3.63) is 114 Å². The van der Waals surface area contributed by atoms with Crippen molar-refractivity contribution in [3.8, 4) is 5.69 Å². The molecular formula is C27H24N4O. The van der Waals surface area contributed by atoms with Gasteiger partial charge in [0.2, 0.25) is 0 Å². The maximum Gasteiger partial charge on any atom is 0.251 e. The van der Waals surface area contributed by atoms with Crippen LogP contribution in [0.15, 0.2) is 96.2 Å². The van der Waals surface area contributed by atoms with Crippen molar-refractivity contribution < 1.29 is 4.79 Å². The Bertz CT molecular complexity index is 1300. The van der Waals surface area contributed by atoms with E-state index >= 15 is 0 Å². The lowest BCUT2D eigenvalue weighted by molar-refractivity contribution is 0.0951. The molecule has 0 saturated carbocycles. The molecule has 1 aliphatic heterocycles. The summed E-state index contributed by atoms with van der Waals surface area (Å²) in [6, 6.07) is 25.6. The van der Waals surface area contributed by atoms with Gasteiger partial charge >= 0.3 is 0 Å². The molecule has 5 nitrogen and oxygen atoms in total. The Labute approximate surface area is 187 Å². The van der Waals surface area contributed by atoms with Crippen LogP contribution in [0.1, 0.15) is 40.9 Å². The highest BCUT2D eigenvalue weighted by atomic mass is 16.1. The summed E-state index contributed by atoms with van der Waals surface area (Å²) < 4.78 is 1.82. The van der Waals surface area contributed by atoms with Gasteiger partial charge in [-0.15, -0.1) is 0 Å². The molecule has 3 aromatic carbocycles. The van der Waals surface area contributed by atoms with Gasteiger partial charge in [0.25, 0.3) is 5.91 Å². The predicted octanol–water partition coefficient (Wildman–Crippen LogP) is 5.21. The smallest absolute Gasteiger partial charge is 0.251 e. The first-order chi connectivity index (χ1) is 15.5. The molecule has 32 heavy (non-hydrogen) atoms. The van der Waals surface area contributed by atoms with Gasteiger partial charge in [-0.25, -0.2) is 4.68 Å². The number of carbonyl (C=O) groups is 1. The third-order valence-electron chi connectivity index (χ3n) is 5.95. The molecule has 5 heteroatoms. The van der Waals surface area contributed by atoms with Crippen molar-refractivity contribution >= 4 is 17.3 Å². The number of nitrogens with one attached hydrogen (secondary N) is 1. The zero-order valence-electron chi connectivity index (χ0n) is 18.1. The van der Waals surface area contributed by atoms with Gasteiger partial charge in [-0.3, -0.25) is 9.79 Å². The predicted molar refractivity (Wildman–Crippen MR) is 127 cm³/mol. The van der Waals surface area contributed by atoms with E-state index in [1.807, 2.05) is 77.7 Å². The summed E-state index contributed by atoms with van der Waals surface area (Å²) in [5.41, 5.74) is 6.67. The zero-order chi connectivity index (χ0) is 22.1. The van der Waals surface area contributed by atoms with Crippen molar-refractivity contribution in [1.82, 2.24) is 15.1 Å². The van der Waals surface area contributed by atoms with Crippen molar-refractivity contribution in [3.63, 3.8) is 0 Å². The summed E-state index contributed by atoms with van der Waals surface area (Å²) in [5.74, 6) is -0.0959. The van der Waals surface area contributed by atoms with Crippen LogP contribution in [0.25, 0.3) is 5.69 Å². The first kappa shape index (κ1) is 19.9. The highest BCUT2D eigenvalue weighted by Crippen LogP contribution is 2.41. The van der Waals surface area contributed by atoms with Gasteiger partial charge in [-0.1, -0.05) is 62.4 Å². The number of nitrogens with zero attached hydrogens (tertiary/aromatic N) is 3. The van der Waals surface area contributed by atoms with Crippen molar-refractivity contribution in [2.75, 3.05) is 0 Å². The molecule has 4 aromatic rings. The summed E-state index contributed by atoms with van der Waals surface area (Å²) in [5, 5.41) is 7.50. The minimum Gasteiger partial charge on any atom is -0.348 e. The largest absolute Gasteiger partial charge is 0.348 e. The molecular weight excluding hydrogens is 396 g/mol. The van der Waals surface area contributed by atoms with Crippen molar-refractivity contribution in [2.24, 2.45) is 4.99 Å². The van der Waals surface area contributed by atoms with E-state index in [0.29, 0.717) is 12.1 Å². The van der Waals surface area contributed by atoms with Gasteiger partial charge in [0.05, 0.1) is 23.3 Å². The van der Waals surface area contributed by atoms with Crippen LogP contribution >= 0.6 is 0 Å². The molecule has 0 bridgehead atoms. The minimum atomic E-state index is -0.175. The fourth-order valence-corrected chi connectivity index (χ4v) is 4.14. The molecule has 0 unspecified atom stereocenters. The molecule has 1 aromatic heterocycles. The van der Waals surface area contributed by atoms with Crippen LogP contribution in [0.4, 0.5) is 5.69 Å². The van der Waals surface area contributed by atoms with Gasteiger partial charge in [-0.2, -0.15) is 5.10 Å². The van der Waals surface area contributed by atoms with Crippen molar-refractivity contribution in [2.45, 2.75) is 25.8 Å². The molecule has 0 aliphatic carbocycles. The van der Waals surface area contributed by atoms with Crippen molar-refractivity contribution in [1.29, 1.82) is 0 Å². The lowest BCUT2D eigenvalue weighted by Crippen LogP contribution is -2.26. The maximum atomic E-state index is 12.5. The fraction of sp³-hybridized carbons (Fsp3) is 0.148. The Morgan fingerprint density at radius 1 is 0.938 bits per heavy atom. The molecule has 1 amide bonds. The Morgan fingerprint density at radius 2 is 1.66 bits per heavy atom. The second-order valence-corrected chi connectivity index (χ2v) is 8.49. The lowest BCUT2D eigenvalue weighted by atomic mass is 9.80. The van der Waals surface area contributed by atoms with E-state index in [1.54, 1.807) is 0 Å². The molecule has 0 fully saturated rings. The Balaban J connectivity index is 1.31. The van der Waals surface area contributed by atoms with Crippen LogP contribution in [0.5, 0.6) is 0 Å². The summed E-state index contributed by atoms with van der Waals surface area (Å²) in [4.78, 5) is 17.3. The number of aromatic nitrogens is 2. The molecule has 0 radical (unpaired) electrons. The van der Waals surface area contributed by atoms with Crippen LogP contribution in [0.2, 0.25) is 0 Å². The number of benzene rings is 3. The topological polar surface area (TPSA) is 59.3 Å². The molecule has 0 spiro atoms. The maximum absolute atomic E-state index is 12.5. The SMILES string of the molecule is CC1(C)C(c2cnn(-c3ccc(C(=O)NCc4ccccc4)cc3)c2)=Nc2ccccc21. The van der Waals surface area contributed by atoms with E-state index in [1.165, 1.54) is 5.56 Å². The van der Waals surface area contributed by atoms with Gasteiger partial charge in [0.1, 0.15) is 0 Å². The minimum absolute atomic E-state index is 0.0959. The third-order valence-corrected chi connectivity index (χ3v) is 5.95. The molecule has 1 N–H and O–H groups in total. The number of para-hydroxylation sites is 1. The fourth-order valence-electron chi connectivity index (χ4n) is 4.14. The standard InChI is InChI=1S/C27H24N4O/c1-27(2)23-10-6-7-11-24(23)30-25(27)21-17-29-31(18-21)22-14-12-20(13-15-22)26(32)28-16-19-8-4-3-5-9-19/h3-15,17-18H,16H2,1-2H3,(H,28,32). The highest BCUT2D eigenvalue weighted by Gasteiger charge is 2.36. The second-order valence-electron chi connectivity index (χ2n) is 8.49. The Kier molecular flexibility index (Phi) is 4.94. The van der Waals surface area contributed by atoms with E-state index in [9.17, 15) is 4.79 Å². The first-order valence-electron chi connectivity index (χ1n) is 10.7.